The lowest BCUT2D eigenvalue weighted by Crippen LogP contribution is -2.33. The van der Waals surface area contributed by atoms with Crippen LogP contribution >= 0.6 is 0 Å². The van der Waals surface area contributed by atoms with E-state index in [0.29, 0.717) is 11.1 Å². The van der Waals surface area contributed by atoms with Crippen LogP contribution in [0.15, 0.2) is 60.7 Å². The van der Waals surface area contributed by atoms with Crippen molar-refractivity contribution >= 4 is 11.6 Å². The van der Waals surface area contributed by atoms with Gasteiger partial charge in [0, 0.05) is 10.5 Å². The molecule has 0 fully saturated rings. The molecule has 2 aromatic rings. The Balaban J connectivity index is 2.65. The third-order valence-electron chi connectivity index (χ3n) is 4.13. The minimum atomic E-state index is -1.17. The third kappa shape index (κ3) is 3.74. The normalized spacial score (nSPS) is 13.3. The molecule has 2 atom stereocenters. The summed E-state index contributed by atoms with van der Waals surface area (Å²) in [5, 5.41) is 11.8. The van der Waals surface area contributed by atoms with E-state index in [1.807, 2.05) is 0 Å². The van der Waals surface area contributed by atoms with Crippen LogP contribution in [0.5, 0.6) is 0 Å². The number of nitrogens with zero attached hydrogens (tertiary/aromatic N) is 1. The van der Waals surface area contributed by atoms with Crippen LogP contribution in [0.2, 0.25) is 0 Å². The van der Waals surface area contributed by atoms with E-state index in [1.165, 1.54) is 13.8 Å². The molecule has 0 spiro atoms. The predicted octanol–water partition coefficient (Wildman–Crippen LogP) is 3.58. The maximum Gasteiger partial charge on any atom is 0.245 e. The summed E-state index contributed by atoms with van der Waals surface area (Å²) in [6, 6.07) is 16.1. The Hall–Kier alpha value is -2.82. The van der Waals surface area contributed by atoms with Crippen molar-refractivity contribution in [2.24, 2.45) is 5.92 Å². The van der Waals surface area contributed by atoms with Crippen LogP contribution in [-0.4, -0.2) is 16.5 Å². The first-order chi connectivity index (χ1) is 11.4. The lowest BCUT2D eigenvalue weighted by Gasteiger charge is -2.26. The monoisotopic (exact) mass is 325 g/mol. The fourth-order valence-corrected chi connectivity index (χ4v) is 3.13. The minimum Gasteiger partial charge on any atom is -0.299 e. The second-order valence-electron chi connectivity index (χ2n) is 5.78. The third-order valence-corrected chi connectivity index (χ3v) is 4.13. The Kier molecular flexibility index (Phi) is 5.58. The fourth-order valence-electron chi connectivity index (χ4n) is 3.13. The first kappa shape index (κ1) is 17.5. The molecule has 2 rings (SSSR count). The number of ketones is 2. The lowest BCUT2D eigenvalue weighted by atomic mass is 9.75. The number of rotatable bonds is 7. The number of hydrogen-bond donors (Lipinski definition) is 0. The van der Waals surface area contributed by atoms with E-state index in [9.17, 15) is 19.7 Å². The maximum atomic E-state index is 12.1. The first-order valence-electron chi connectivity index (χ1n) is 7.67. The predicted molar refractivity (Wildman–Crippen MR) is 90.2 cm³/mol. The molecule has 0 aromatic heterocycles. The highest BCUT2D eigenvalue weighted by Gasteiger charge is 2.43. The van der Waals surface area contributed by atoms with Gasteiger partial charge in [-0.1, -0.05) is 60.7 Å². The molecule has 0 amide bonds. The molecule has 24 heavy (non-hydrogen) atoms. The van der Waals surface area contributed by atoms with Crippen LogP contribution in [0.3, 0.4) is 0 Å². The summed E-state index contributed by atoms with van der Waals surface area (Å²) in [6.07, 6.45) is 0. The Morgan fingerprint density at radius 2 is 1.25 bits per heavy atom. The molecular weight excluding hydrogens is 306 g/mol. The molecule has 0 saturated carbocycles. The van der Waals surface area contributed by atoms with Gasteiger partial charge in [0.15, 0.2) is 0 Å². The summed E-state index contributed by atoms with van der Waals surface area (Å²) in [5.74, 6) is -2.63. The van der Waals surface area contributed by atoms with Crippen molar-refractivity contribution in [1.29, 1.82) is 0 Å². The highest BCUT2D eigenvalue weighted by Crippen LogP contribution is 2.40. The zero-order valence-corrected chi connectivity index (χ0v) is 13.6. The lowest BCUT2D eigenvalue weighted by molar-refractivity contribution is -0.534. The van der Waals surface area contributed by atoms with E-state index in [-0.39, 0.29) is 11.6 Å². The molecule has 5 nitrogen and oxygen atoms in total. The second kappa shape index (κ2) is 7.64. The maximum absolute atomic E-state index is 12.1. The molecule has 0 aliphatic heterocycles. The highest BCUT2D eigenvalue weighted by molar-refractivity contribution is 6.01. The molecular formula is C19H19NO4. The van der Waals surface area contributed by atoms with Gasteiger partial charge < -0.3 is 0 Å². The largest absolute Gasteiger partial charge is 0.299 e. The van der Waals surface area contributed by atoms with Gasteiger partial charge in [-0.05, 0) is 19.4 Å². The Labute approximate surface area is 140 Å². The topological polar surface area (TPSA) is 77.3 Å². The molecule has 0 saturated heterocycles. The molecule has 0 aliphatic carbocycles. The minimum absolute atomic E-state index is 0.362. The van der Waals surface area contributed by atoms with Gasteiger partial charge in [0.25, 0.3) is 0 Å². The van der Waals surface area contributed by atoms with Gasteiger partial charge in [-0.15, -0.1) is 0 Å². The molecule has 0 bridgehead atoms. The van der Waals surface area contributed by atoms with E-state index in [2.05, 4.69) is 0 Å². The number of hydrogen-bond acceptors (Lipinski definition) is 4. The molecule has 2 unspecified atom stereocenters. The van der Waals surface area contributed by atoms with Crippen LogP contribution in [0.25, 0.3) is 0 Å². The van der Waals surface area contributed by atoms with Crippen molar-refractivity contribution in [2.75, 3.05) is 0 Å². The fraction of sp³-hybridized carbons (Fsp3) is 0.263. The summed E-state index contributed by atoms with van der Waals surface area (Å²) in [5.41, 5.74) is 1.09. The van der Waals surface area contributed by atoms with Gasteiger partial charge in [0.2, 0.25) is 6.04 Å². The van der Waals surface area contributed by atoms with Crippen LogP contribution in [0, 0.1) is 16.0 Å². The summed E-state index contributed by atoms with van der Waals surface area (Å²) in [4.78, 5) is 35.7. The van der Waals surface area contributed by atoms with Gasteiger partial charge in [-0.25, -0.2) is 0 Å². The average molecular weight is 325 g/mol. The van der Waals surface area contributed by atoms with Gasteiger partial charge in [0.05, 0.1) is 11.8 Å². The van der Waals surface area contributed by atoms with Crippen LogP contribution in [0.1, 0.15) is 36.9 Å². The number of Topliss-reactive ketones (excluding diaryl/α,β-unsaturated/α-hetero) is 2. The summed E-state index contributed by atoms with van der Waals surface area (Å²) in [7, 11) is 0. The van der Waals surface area contributed by atoms with Gasteiger partial charge in [0.1, 0.15) is 11.6 Å². The number of carbonyl (C=O) groups is 2. The Morgan fingerprint density at radius 1 is 0.833 bits per heavy atom. The van der Waals surface area contributed by atoms with E-state index in [0.717, 1.165) is 0 Å². The molecule has 0 N–H and O–H groups in total. The smallest absolute Gasteiger partial charge is 0.245 e. The first-order valence-corrected chi connectivity index (χ1v) is 7.67. The summed E-state index contributed by atoms with van der Waals surface area (Å²) < 4.78 is 0. The van der Waals surface area contributed by atoms with Crippen molar-refractivity contribution in [2.45, 2.75) is 25.8 Å². The van der Waals surface area contributed by atoms with Crippen molar-refractivity contribution in [3.63, 3.8) is 0 Å². The van der Waals surface area contributed by atoms with E-state index < -0.39 is 22.8 Å². The number of carbonyl (C=O) groups excluding carboxylic acids is 2. The van der Waals surface area contributed by atoms with Crippen LogP contribution in [-0.2, 0) is 9.59 Å². The molecule has 5 heteroatoms. The van der Waals surface area contributed by atoms with Gasteiger partial charge >= 0.3 is 0 Å². The zero-order chi connectivity index (χ0) is 17.7. The highest BCUT2D eigenvalue weighted by atomic mass is 16.6. The SMILES string of the molecule is CC(=O)C(C(C)=O)C(c1ccccc1)C(c1ccccc1)[N+](=O)[O-]. The van der Waals surface area contributed by atoms with E-state index >= 15 is 0 Å². The van der Waals surface area contributed by atoms with Crippen molar-refractivity contribution < 1.29 is 14.5 Å². The van der Waals surface area contributed by atoms with Crippen molar-refractivity contribution in [3.8, 4) is 0 Å². The zero-order valence-electron chi connectivity index (χ0n) is 13.6. The number of benzene rings is 2. The summed E-state index contributed by atoms with van der Waals surface area (Å²) >= 11 is 0. The molecule has 0 aliphatic rings. The van der Waals surface area contributed by atoms with Crippen molar-refractivity contribution in [1.82, 2.24) is 0 Å². The quantitative estimate of drug-likeness (QED) is 0.443. The second-order valence-corrected chi connectivity index (χ2v) is 5.78. The standard InChI is InChI=1S/C19H19NO4/c1-13(21)17(14(2)22)18(15-9-5-3-6-10-15)19(20(23)24)16-11-7-4-8-12-16/h3-12,17-19H,1-2H3. The van der Waals surface area contributed by atoms with Crippen LogP contribution in [0.4, 0.5) is 0 Å². The molecule has 0 heterocycles. The molecule has 124 valence electrons. The van der Waals surface area contributed by atoms with Crippen molar-refractivity contribution in [3.05, 3.63) is 81.9 Å². The molecule has 2 aromatic carbocycles. The van der Waals surface area contributed by atoms with Crippen LogP contribution < -0.4 is 0 Å². The van der Waals surface area contributed by atoms with Gasteiger partial charge in [-0.2, -0.15) is 0 Å². The van der Waals surface area contributed by atoms with Gasteiger partial charge in [-0.3, -0.25) is 19.7 Å². The summed E-state index contributed by atoms with van der Waals surface area (Å²) in [6.45, 7) is 2.62. The van der Waals surface area contributed by atoms with E-state index in [4.69, 9.17) is 0 Å². The average Bonchev–Trinajstić information content (AvgIpc) is 2.55. The number of nitro groups is 1. The Bertz CT molecular complexity index is 714. The molecule has 0 radical (unpaired) electrons. The Morgan fingerprint density at radius 3 is 1.62 bits per heavy atom. The van der Waals surface area contributed by atoms with E-state index in [1.54, 1.807) is 60.7 Å².